The topological polar surface area (TPSA) is 42.0 Å². The van der Waals surface area contributed by atoms with Crippen LogP contribution in [0.25, 0.3) is 0 Å². The highest BCUT2D eigenvalue weighted by atomic mass is 79.9. The Morgan fingerprint density at radius 3 is 3.00 bits per heavy atom. The molecule has 0 aromatic carbocycles. The predicted octanol–water partition coefficient (Wildman–Crippen LogP) is 3.37. The molecular weight excluding hydrogens is 316 g/mol. The first-order valence-electron chi connectivity index (χ1n) is 6.17. The van der Waals surface area contributed by atoms with Crippen molar-refractivity contribution in [3.05, 3.63) is 28.5 Å². The van der Waals surface area contributed by atoms with Crippen LogP contribution in [-0.2, 0) is 0 Å². The Bertz CT molecular complexity index is 410. The van der Waals surface area contributed by atoms with Gasteiger partial charge in [0.25, 0.3) is 5.91 Å². The van der Waals surface area contributed by atoms with E-state index in [1.54, 1.807) is 12.3 Å². The van der Waals surface area contributed by atoms with Crippen molar-refractivity contribution in [2.75, 3.05) is 5.88 Å². The highest BCUT2D eigenvalue weighted by Gasteiger charge is 2.23. The van der Waals surface area contributed by atoms with Gasteiger partial charge in [0.1, 0.15) is 5.69 Å². The molecule has 1 aliphatic carbocycles. The van der Waals surface area contributed by atoms with E-state index in [4.69, 9.17) is 11.6 Å². The Hall–Kier alpha value is -0.610. The van der Waals surface area contributed by atoms with Crippen LogP contribution < -0.4 is 5.32 Å². The molecule has 1 saturated carbocycles. The first kappa shape index (κ1) is 13.8. The molecule has 5 heteroatoms. The summed E-state index contributed by atoms with van der Waals surface area (Å²) in [4.78, 5) is 16.1. The minimum atomic E-state index is -0.0947. The van der Waals surface area contributed by atoms with Crippen LogP contribution in [-0.4, -0.2) is 22.8 Å². The SMILES string of the molecule is O=C(NC1CCCC(CCl)C1)c1ccc(Br)cn1. The maximum absolute atomic E-state index is 12.0. The third-order valence-electron chi connectivity index (χ3n) is 3.30. The number of nitrogens with zero attached hydrogens (tertiary/aromatic N) is 1. The van der Waals surface area contributed by atoms with E-state index < -0.39 is 0 Å². The molecule has 3 nitrogen and oxygen atoms in total. The van der Waals surface area contributed by atoms with Gasteiger partial charge in [-0.2, -0.15) is 0 Å². The number of nitrogens with one attached hydrogen (secondary N) is 1. The molecule has 0 spiro atoms. The van der Waals surface area contributed by atoms with Crippen LogP contribution in [0.1, 0.15) is 36.2 Å². The molecule has 1 N–H and O–H groups in total. The van der Waals surface area contributed by atoms with Gasteiger partial charge in [-0.25, -0.2) is 4.98 Å². The summed E-state index contributed by atoms with van der Waals surface area (Å²) in [5, 5.41) is 3.04. The van der Waals surface area contributed by atoms with E-state index in [0.717, 1.165) is 23.7 Å². The normalized spacial score (nSPS) is 23.7. The third kappa shape index (κ3) is 3.69. The average Bonchev–Trinajstić information content (AvgIpc) is 2.39. The first-order valence-corrected chi connectivity index (χ1v) is 7.50. The Morgan fingerprint density at radius 1 is 1.50 bits per heavy atom. The van der Waals surface area contributed by atoms with E-state index in [1.807, 2.05) is 6.07 Å². The average molecular weight is 332 g/mol. The molecule has 18 heavy (non-hydrogen) atoms. The molecular formula is C13H16BrClN2O. The lowest BCUT2D eigenvalue weighted by atomic mass is 9.87. The standard InChI is InChI=1S/C13H16BrClN2O/c14-10-4-5-12(16-8-10)13(18)17-11-3-1-2-9(6-11)7-15/h4-5,8-9,11H,1-3,6-7H2,(H,17,18). The lowest BCUT2D eigenvalue weighted by molar-refractivity contribution is 0.0916. The van der Waals surface area contributed by atoms with Crippen LogP contribution in [0.3, 0.4) is 0 Å². The van der Waals surface area contributed by atoms with Crippen molar-refractivity contribution in [1.82, 2.24) is 10.3 Å². The Kier molecular flexibility index (Phi) is 5.01. The summed E-state index contributed by atoms with van der Waals surface area (Å²) in [6, 6.07) is 3.78. The second-order valence-electron chi connectivity index (χ2n) is 4.72. The summed E-state index contributed by atoms with van der Waals surface area (Å²) >= 11 is 9.19. The number of pyridine rings is 1. The molecule has 1 fully saturated rings. The summed E-state index contributed by atoms with van der Waals surface area (Å²) in [7, 11) is 0. The fourth-order valence-electron chi connectivity index (χ4n) is 2.33. The van der Waals surface area contributed by atoms with Crippen molar-refractivity contribution >= 4 is 33.4 Å². The molecule has 0 aliphatic heterocycles. The van der Waals surface area contributed by atoms with Crippen LogP contribution in [0.15, 0.2) is 22.8 Å². The highest BCUT2D eigenvalue weighted by molar-refractivity contribution is 9.10. The van der Waals surface area contributed by atoms with Crippen molar-refractivity contribution in [2.45, 2.75) is 31.7 Å². The maximum atomic E-state index is 12.0. The summed E-state index contributed by atoms with van der Waals surface area (Å²) in [5.74, 6) is 1.12. The van der Waals surface area contributed by atoms with Crippen molar-refractivity contribution in [3.63, 3.8) is 0 Å². The largest absolute Gasteiger partial charge is 0.348 e. The minimum Gasteiger partial charge on any atom is -0.348 e. The molecule has 2 rings (SSSR count). The maximum Gasteiger partial charge on any atom is 0.270 e. The van der Waals surface area contributed by atoms with Gasteiger partial charge in [-0.05, 0) is 53.2 Å². The first-order chi connectivity index (χ1) is 8.69. The molecule has 1 heterocycles. The predicted molar refractivity (Wildman–Crippen MR) is 75.9 cm³/mol. The van der Waals surface area contributed by atoms with Gasteiger partial charge in [0, 0.05) is 22.6 Å². The molecule has 0 bridgehead atoms. The lowest BCUT2D eigenvalue weighted by Crippen LogP contribution is -2.39. The number of rotatable bonds is 3. The number of hydrogen-bond acceptors (Lipinski definition) is 2. The third-order valence-corrected chi connectivity index (χ3v) is 4.20. The zero-order chi connectivity index (χ0) is 13.0. The number of carbonyl (C=O) groups is 1. The van der Waals surface area contributed by atoms with Gasteiger partial charge in [-0.15, -0.1) is 11.6 Å². The number of amides is 1. The van der Waals surface area contributed by atoms with Gasteiger partial charge >= 0.3 is 0 Å². The molecule has 1 amide bonds. The monoisotopic (exact) mass is 330 g/mol. The van der Waals surface area contributed by atoms with E-state index in [1.165, 1.54) is 6.42 Å². The van der Waals surface area contributed by atoms with Crippen LogP contribution >= 0.6 is 27.5 Å². The second-order valence-corrected chi connectivity index (χ2v) is 5.94. The van der Waals surface area contributed by atoms with E-state index in [-0.39, 0.29) is 11.9 Å². The quantitative estimate of drug-likeness (QED) is 0.863. The molecule has 0 saturated heterocycles. The smallest absolute Gasteiger partial charge is 0.270 e. The van der Waals surface area contributed by atoms with Gasteiger partial charge in [0.2, 0.25) is 0 Å². The fourth-order valence-corrected chi connectivity index (χ4v) is 2.85. The van der Waals surface area contributed by atoms with Crippen molar-refractivity contribution in [2.24, 2.45) is 5.92 Å². The van der Waals surface area contributed by atoms with Gasteiger partial charge in [0.05, 0.1) is 0 Å². The molecule has 2 atom stereocenters. The molecule has 1 aliphatic rings. The van der Waals surface area contributed by atoms with Crippen molar-refractivity contribution < 1.29 is 4.79 Å². The van der Waals surface area contributed by atoms with E-state index in [9.17, 15) is 4.79 Å². The number of aromatic nitrogens is 1. The van der Waals surface area contributed by atoms with Gasteiger partial charge in [0.15, 0.2) is 0 Å². The molecule has 1 aromatic heterocycles. The van der Waals surface area contributed by atoms with Crippen molar-refractivity contribution in [1.29, 1.82) is 0 Å². The van der Waals surface area contributed by atoms with Crippen LogP contribution in [0.5, 0.6) is 0 Å². The Balaban J connectivity index is 1.92. The van der Waals surface area contributed by atoms with E-state index in [2.05, 4.69) is 26.2 Å². The minimum absolute atomic E-state index is 0.0947. The van der Waals surface area contributed by atoms with E-state index >= 15 is 0 Å². The summed E-state index contributed by atoms with van der Waals surface area (Å²) in [5.41, 5.74) is 0.464. The van der Waals surface area contributed by atoms with Crippen LogP contribution in [0.2, 0.25) is 0 Å². The van der Waals surface area contributed by atoms with Gasteiger partial charge < -0.3 is 5.32 Å². The number of hydrogen-bond donors (Lipinski definition) is 1. The zero-order valence-corrected chi connectivity index (χ0v) is 12.4. The molecule has 0 radical (unpaired) electrons. The second kappa shape index (κ2) is 6.53. The summed E-state index contributed by atoms with van der Waals surface area (Å²) in [6.07, 6.45) is 5.96. The van der Waals surface area contributed by atoms with Crippen LogP contribution in [0, 0.1) is 5.92 Å². The Labute approximate surface area is 120 Å². The molecule has 98 valence electrons. The number of halogens is 2. The van der Waals surface area contributed by atoms with Crippen LogP contribution in [0.4, 0.5) is 0 Å². The summed E-state index contributed by atoms with van der Waals surface area (Å²) in [6.45, 7) is 0. The molecule has 2 unspecified atom stereocenters. The zero-order valence-electron chi connectivity index (χ0n) is 10.0. The summed E-state index contributed by atoms with van der Waals surface area (Å²) < 4.78 is 0.874. The highest BCUT2D eigenvalue weighted by Crippen LogP contribution is 2.25. The Morgan fingerprint density at radius 2 is 2.33 bits per heavy atom. The number of carbonyl (C=O) groups excluding carboxylic acids is 1. The molecule has 1 aromatic rings. The lowest BCUT2D eigenvalue weighted by Gasteiger charge is -2.28. The van der Waals surface area contributed by atoms with Gasteiger partial charge in [-0.3, -0.25) is 4.79 Å². The fraction of sp³-hybridized carbons (Fsp3) is 0.538. The van der Waals surface area contributed by atoms with E-state index in [0.29, 0.717) is 17.5 Å². The van der Waals surface area contributed by atoms with Crippen molar-refractivity contribution in [3.8, 4) is 0 Å². The van der Waals surface area contributed by atoms with Gasteiger partial charge in [-0.1, -0.05) is 6.42 Å². The number of alkyl halides is 1.